The number of rotatable bonds is 5. The second kappa shape index (κ2) is 7.37. The Morgan fingerprint density at radius 3 is 2.76 bits per heavy atom. The highest BCUT2D eigenvalue weighted by Crippen LogP contribution is 2.28. The number of nitrogens with one attached hydrogen (secondary N) is 1. The van der Waals surface area contributed by atoms with Gasteiger partial charge in [-0.3, -0.25) is 0 Å². The van der Waals surface area contributed by atoms with E-state index in [0.29, 0.717) is 17.3 Å². The molecule has 21 heavy (non-hydrogen) atoms. The average Bonchev–Trinajstić information content (AvgIpc) is 2.49. The maximum Gasteiger partial charge on any atom is 0.166 e. The lowest BCUT2D eigenvalue weighted by atomic mass is 9.83. The van der Waals surface area contributed by atoms with Gasteiger partial charge in [-0.2, -0.15) is 10.4 Å². The number of nitrogens with zero attached hydrogens (tertiary/aromatic N) is 3. The molecule has 5 heteroatoms. The summed E-state index contributed by atoms with van der Waals surface area (Å²) >= 11 is 0. The zero-order valence-electron chi connectivity index (χ0n) is 12.9. The molecule has 1 aliphatic rings. The van der Waals surface area contributed by atoms with Crippen LogP contribution >= 0.6 is 0 Å². The molecule has 114 valence electrons. The monoisotopic (exact) mass is 288 g/mol. The number of nitriles is 1. The Morgan fingerprint density at radius 1 is 1.29 bits per heavy atom. The van der Waals surface area contributed by atoms with Gasteiger partial charge in [0, 0.05) is 6.54 Å². The van der Waals surface area contributed by atoms with Crippen molar-refractivity contribution in [1.29, 1.82) is 5.26 Å². The quantitative estimate of drug-likeness (QED) is 0.814. The molecular formula is C16H24N4O. The Morgan fingerprint density at radius 2 is 2.05 bits per heavy atom. The minimum atomic E-state index is -0.130. The predicted octanol–water partition coefficient (Wildman–Crippen LogP) is 2.71. The van der Waals surface area contributed by atoms with E-state index in [1.807, 2.05) is 13.8 Å². The summed E-state index contributed by atoms with van der Waals surface area (Å²) in [6.45, 7) is 4.51. The normalized spacial score (nSPS) is 21.8. The van der Waals surface area contributed by atoms with Crippen molar-refractivity contribution in [2.24, 2.45) is 5.92 Å². The molecule has 0 amide bonds. The number of aliphatic hydroxyl groups excluding tert-OH is 1. The average molecular weight is 288 g/mol. The minimum absolute atomic E-state index is 0.130. The fourth-order valence-electron chi connectivity index (χ4n) is 2.96. The Hall–Kier alpha value is -1.67. The Bertz CT molecular complexity index is 524. The molecule has 0 spiro atoms. The smallest absolute Gasteiger partial charge is 0.166 e. The number of anilines is 1. The lowest BCUT2D eigenvalue weighted by Gasteiger charge is -2.27. The first-order chi connectivity index (χ1) is 10.1. The van der Waals surface area contributed by atoms with Gasteiger partial charge >= 0.3 is 0 Å². The van der Waals surface area contributed by atoms with Crippen LogP contribution in [0.15, 0.2) is 0 Å². The van der Waals surface area contributed by atoms with Crippen LogP contribution in [0.1, 0.15) is 55.3 Å². The molecule has 0 aliphatic heterocycles. The van der Waals surface area contributed by atoms with Gasteiger partial charge in [0.25, 0.3) is 0 Å². The molecule has 0 saturated heterocycles. The van der Waals surface area contributed by atoms with Crippen molar-refractivity contribution >= 4 is 5.82 Å². The van der Waals surface area contributed by atoms with Crippen LogP contribution in [-0.4, -0.2) is 28.0 Å². The number of aromatic nitrogens is 2. The van der Waals surface area contributed by atoms with E-state index in [0.717, 1.165) is 49.9 Å². The summed E-state index contributed by atoms with van der Waals surface area (Å²) in [5.41, 5.74) is 2.26. The van der Waals surface area contributed by atoms with Gasteiger partial charge in [-0.05, 0) is 51.0 Å². The van der Waals surface area contributed by atoms with Crippen LogP contribution in [0.3, 0.4) is 0 Å². The second-order valence-corrected chi connectivity index (χ2v) is 5.93. The molecule has 0 aromatic carbocycles. The standard InChI is InChI=1S/C16H24N4O/c1-11-12(2)19-20-16(14(11)10-17)18-9-5-7-13-6-3-4-8-15(13)21/h13,15,21H,3-9H2,1-2H3,(H,18,20)/t13-,15-/m1/s1. The van der Waals surface area contributed by atoms with E-state index >= 15 is 0 Å². The molecular weight excluding hydrogens is 264 g/mol. The van der Waals surface area contributed by atoms with E-state index in [2.05, 4.69) is 21.6 Å². The zero-order chi connectivity index (χ0) is 15.2. The highest BCUT2D eigenvalue weighted by atomic mass is 16.3. The van der Waals surface area contributed by atoms with Gasteiger partial charge in [0.1, 0.15) is 11.6 Å². The molecule has 2 N–H and O–H groups in total. The van der Waals surface area contributed by atoms with E-state index in [-0.39, 0.29) is 6.10 Å². The third-order valence-electron chi connectivity index (χ3n) is 4.48. The fraction of sp³-hybridized carbons (Fsp3) is 0.688. The third kappa shape index (κ3) is 3.92. The highest BCUT2D eigenvalue weighted by molar-refractivity contribution is 5.55. The Labute approximate surface area is 126 Å². The summed E-state index contributed by atoms with van der Waals surface area (Å²) in [7, 11) is 0. The van der Waals surface area contributed by atoms with Crippen LogP contribution in [0, 0.1) is 31.1 Å². The van der Waals surface area contributed by atoms with Crippen LogP contribution in [0.5, 0.6) is 0 Å². The second-order valence-electron chi connectivity index (χ2n) is 5.93. The predicted molar refractivity (Wildman–Crippen MR) is 81.9 cm³/mol. The van der Waals surface area contributed by atoms with E-state index < -0.39 is 0 Å². The minimum Gasteiger partial charge on any atom is -0.393 e. The summed E-state index contributed by atoms with van der Waals surface area (Å²) in [5, 5.41) is 30.5. The fourth-order valence-corrected chi connectivity index (χ4v) is 2.96. The SMILES string of the molecule is Cc1nnc(NCCC[C@H]2CCCC[C@H]2O)c(C#N)c1C. The van der Waals surface area contributed by atoms with Crippen molar-refractivity contribution in [2.45, 2.75) is 58.5 Å². The molecule has 1 fully saturated rings. The first-order valence-corrected chi connectivity index (χ1v) is 7.79. The lowest BCUT2D eigenvalue weighted by Crippen LogP contribution is -2.24. The molecule has 5 nitrogen and oxygen atoms in total. The molecule has 1 aliphatic carbocycles. The highest BCUT2D eigenvalue weighted by Gasteiger charge is 2.22. The van der Waals surface area contributed by atoms with Gasteiger partial charge in [-0.1, -0.05) is 12.8 Å². The van der Waals surface area contributed by atoms with E-state index in [9.17, 15) is 10.4 Å². The van der Waals surface area contributed by atoms with E-state index in [1.54, 1.807) is 0 Å². The van der Waals surface area contributed by atoms with Crippen LogP contribution in [0.25, 0.3) is 0 Å². The number of hydrogen-bond donors (Lipinski definition) is 2. The molecule has 1 aromatic rings. The summed E-state index contributed by atoms with van der Waals surface area (Å²) in [6.07, 6.45) is 6.33. The largest absolute Gasteiger partial charge is 0.393 e. The summed E-state index contributed by atoms with van der Waals surface area (Å²) in [5.74, 6) is 1.01. The summed E-state index contributed by atoms with van der Waals surface area (Å²) in [4.78, 5) is 0. The van der Waals surface area contributed by atoms with Gasteiger partial charge in [0.05, 0.1) is 11.8 Å². The van der Waals surface area contributed by atoms with Crippen LogP contribution in [0.2, 0.25) is 0 Å². The molecule has 0 radical (unpaired) electrons. The molecule has 1 heterocycles. The van der Waals surface area contributed by atoms with Crippen LogP contribution < -0.4 is 5.32 Å². The van der Waals surface area contributed by atoms with E-state index in [4.69, 9.17) is 0 Å². The maximum atomic E-state index is 9.95. The first kappa shape index (κ1) is 15.7. The topological polar surface area (TPSA) is 81.8 Å². The van der Waals surface area contributed by atoms with Gasteiger partial charge in [0.2, 0.25) is 0 Å². The Balaban J connectivity index is 1.84. The number of aryl methyl sites for hydroxylation is 1. The van der Waals surface area contributed by atoms with Crippen LogP contribution in [-0.2, 0) is 0 Å². The molecule has 0 unspecified atom stereocenters. The van der Waals surface area contributed by atoms with Crippen molar-refractivity contribution in [1.82, 2.24) is 10.2 Å². The van der Waals surface area contributed by atoms with Gasteiger partial charge in [0.15, 0.2) is 5.82 Å². The van der Waals surface area contributed by atoms with Crippen molar-refractivity contribution in [2.75, 3.05) is 11.9 Å². The van der Waals surface area contributed by atoms with Crippen molar-refractivity contribution < 1.29 is 5.11 Å². The van der Waals surface area contributed by atoms with Crippen molar-refractivity contribution in [3.8, 4) is 6.07 Å². The van der Waals surface area contributed by atoms with Gasteiger partial charge in [-0.25, -0.2) is 0 Å². The number of aliphatic hydroxyl groups is 1. The number of hydrogen-bond acceptors (Lipinski definition) is 5. The molecule has 2 rings (SSSR count). The summed E-state index contributed by atoms with van der Waals surface area (Å²) in [6, 6.07) is 2.20. The Kier molecular flexibility index (Phi) is 5.51. The van der Waals surface area contributed by atoms with Crippen molar-refractivity contribution in [3.05, 3.63) is 16.8 Å². The van der Waals surface area contributed by atoms with Crippen molar-refractivity contribution in [3.63, 3.8) is 0 Å². The zero-order valence-corrected chi connectivity index (χ0v) is 12.9. The third-order valence-corrected chi connectivity index (χ3v) is 4.48. The van der Waals surface area contributed by atoms with Gasteiger partial charge in [-0.15, -0.1) is 5.10 Å². The molecule has 1 aromatic heterocycles. The molecule has 2 atom stereocenters. The molecule has 1 saturated carbocycles. The summed E-state index contributed by atoms with van der Waals surface area (Å²) < 4.78 is 0. The van der Waals surface area contributed by atoms with Gasteiger partial charge < -0.3 is 10.4 Å². The maximum absolute atomic E-state index is 9.95. The van der Waals surface area contributed by atoms with E-state index in [1.165, 1.54) is 6.42 Å². The molecule has 0 bridgehead atoms. The first-order valence-electron chi connectivity index (χ1n) is 7.79. The lowest BCUT2D eigenvalue weighted by molar-refractivity contribution is 0.0648. The van der Waals surface area contributed by atoms with Crippen LogP contribution in [0.4, 0.5) is 5.82 Å².